The molecule has 7 heteroatoms. The van der Waals surface area contributed by atoms with Crippen molar-refractivity contribution in [2.75, 3.05) is 13.1 Å². The summed E-state index contributed by atoms with van der Waals surface area (Å²) >= 11 is 0. The molecule has 1 aliphatic rings. The Hall–Kier alpha value is -2.28. The Bertz CT molecular complexity index is 561. The molecule has 3 rings (SSSR count). The van der Waals surface area contributed by atoms with Crippen LogP contribution in [0.15, 0.2) is 30.6 Å². The Labute approximate surface area is 110 Å². The number of carbonyl (C=O) groups is 1. The third kappa shape index (κ3) is 2.45. The van der Waals surface area contributed by atoms with Crippen LogP contribution in [0, 0.1) is 0 Å². The summed E-state index contributed by atoms with van der Waals surface area (Å²) in [5, 5.41) is 17.2. The van der Waals surface area contributed by atoms with Crippen LogP contribution in [-0.4, -0.2) is 45.2 Å². The Morgan fingerprint density at radius 1 is 1.42 bits per heavy atom. The van der Waals surface area contributed by atoms with Crippen LogP contribution in [0.2, 0.25) is 0 Å². The van der Waals surface area contributed by atoms with E-state index in [1.807, 2.05) is 18.2 Å². The van der Waals surface area contributed by atoms with Crippen LogP contribution in [0.4, 0.5) is 0 Å². The summed E-state index contributed by atoms with van der Waals surface area (Å²) in [6.45, 7) is 1.76. The summed E-state index contributed by atoms with van der Waals surface area (Å²) in [5.41, 5.74) is 1.25. The Morgan fingerprint density at radius 3 is 3.05 bits per heavy atom. The molecule has 1 aliphatic heterocycles. The maximum atomic E-state index is 12.3. The first-order chi connectivity index (χ1) is 9.34. The predicted molar refractivity (Wildman–Crippen MR) is 67.9 cm³/mol. The number of tetrazole rings is 1. The molecule has 0 aliphatic carbocycles. The standard InChI is InChI=1S/C12H14N6O/c19-12(15-9-5-6-13-7-9)10-3-1-2-4-11(10)18-8-14-16-17-18/h1-4,8-9,13H,5-7H2,(H,15,19). The quantitative estimate of drug-likeness (QED) is 0.793. The van der Waals surface area contributed by atoms with Crippen molar-refractivity contribution in [3.8, 4) is 5.69 Å². The molecule has 0 radical (unpaired) electrons. The van der Waals surface area contributed by atoms with Crippen molar-refractivity contribution in [1.29, 1.82) is 0 Å². The molecule has 19 heavy (non-hydrogen) atoms. The van der Waals surface area contributed by atoms with Gasteiger partial charge in [0.05, 0.1) is 11.3 Å². The van der Waals surface area contributed by atoms with Gasteiger partial charge in [0.1, 0.15) is 6.33 Å². The van der Waals surface area contributed by atoms with Crippen molar-refractivity contribution in [2.45, 2.75) is 12.5 Å². The highest BCUT2D eigenvalue weighted by atomic mass is 16.1. The van der Waals surface area contributed by atoms with Crippen LogP contribution in [0.5, 0.6) is 0 Å². The summed E-state index contributed by atoms with van der Waals surface area (Å²) < 4.78 is 1.49. The first-order valence-corrected chi connectivity index (χ1v) is 6.18. The third-order valence-electron chi connectivity index (χ3n) is 3.14. The number of nitrogens with zero attached hydrogens (tertiary/aromatic N) is 4. The molecule has 2 aromatic rings. The zero-order chi connectivity index (χ0) is 13.1. The fraction of sp³-hybridized carbons (Fsp3) is 0.333. The first-order valence-electron chi connectivity index (χ1n) is 6.18. The topological polar surface area (TPSA) is 84.7 Å². The largest absolute Gasteiger partial charge is 0.348 e. The number of benzene rings is 1. The fourth-order valence-electron chi connectivity index (χ4n) is 2.18. The summed E-state index contributed by atoms with van der Waals surface area (Å²) in [6.07, 6.45) is 2.43. The molecule has 1 aromatic carbocycles. The Morgan fingerprint density at radius 2 is 2.32 bits per heavy atom. The lowest BCUT2D eigenvalue weighted by atomic mass is 10.1. The van der Waals surface area contributed by atoms with Crippen LogP contribution in [-0.2, 0) is 0 Å². The van der Waals surface area contributed by atoms with Gasteiger partial charge in [-0.05, 0) is 35.5 Å². The SMILES string of the molecule is O=C(NC1CCNC1)c1ccccc1-n1cnnn1. The zero-order valence-corrected chi connectivity index (χ0v) is 10.3. The van der Waals surface area contributed by atoms with E-state index in [0.29, 0.717) is 11.3 Å². The highest BCUT2D eigenvalue weighted by Gasteiger charge is 2.19. The average molecular weight is 258 g/mol. The predicted octanol–water partition coefficient (Wildman–Crippen LogP) is -0.246. The number of para-hydroxylation sites is 1. The lowest BCUT2D eigenvalue weighted by molar-refractivity contribution is 0.0940. The van der Waals surface area contributed by atoms with E-state index in [9.17, 15) is 4.79 Å². The van der Waals surface area contributed by atoms with E-state index in [2.05, 4.69) is 26.2 Å². The highest BCUT2D eigenvalue weighted by Crippen LogP contribution is 2.13. The molecule has 2 N–H and O–H groups in total. The lowest BCUT2D eigenvalue weighted by Gasteiger charge is -2.13. The number of amides is 1. The number of hydrogen-bond acceptors (Lipinski definition) is 5. The first kappa shape index (κ1) is 11.8. The van der Waals surface area contributed by atoms with Gasteiger partial charge in [-0.1, -0.05) is 12.1 Å². The molecule has 1 amide bonds. The van der Waals surface area contributed by atoms with Crippen LogP contribution in [0.1, 0.15) is 16.8 Å². The second kappa shape index (κ2) is 5.15. The van der Waals surface area contributed by atoms with Gasteiger partial charge < -0.3 is 10.6 Å². The average Bonchev–Trinajstić information content (AvgIpc) is 3.11. The van der Waals surface area contributed by atoms with E-state index in [4.69, 9.17) is 0 Å². The maximum Gasteiger partial charge on any atom is 0.253 e. The summed E-state index contributed by atoms with van der Waals surface area (Å²) in [6, 6.07) is 7.46. The van der Waals surface area contributed by atoms with Gasteiger partial charge in [-0.2, -0.15) is 4.68 Å². The van der Waals surface area contributed by atoms with Gasteiger partial charge in [-0.15, -0.1) is 5.10 Å². The monoisotopic (exact) mass is 258 g/mol. The summed E-state index contributed by atoms with van der Waals surface area (Å²) in [5.74, 6) is -0.0974. The van der Waals surface area contributed by atoms with Gasteiger partial charge in [-0.25, -0.2) is 0 Å². The third-order valence-corrected chi connectivity index (χ3v) is 3.14. The van der Waals surface area contributed by atoms with Crippen molar-refractivity contribution in [3.05, 3.63) is 36.2 Å². The van der Waals surface area contributed by atoms with E-state index in [-0.39, 0.29) is 11.9 Å². The molecule has 1 atom stereocenters. The van der Waals surface area contributed by atoms with Gasteiger partial charge in [0.15, 0.2) is 0 Å². The Kier molecular flexibility index (Phi) is 3.20. The molecule has 0 saturated carbocycles. The second-order valence-electron chi connectivity index (χ2n) is 4.43. The van der Waals surface area contributed by atoms with E-state index in [1.54, 1.807) is 6.07 Å². The van der Waals surface area contributed by atoms with Crippen LogP contribution in [0.3, 0.4) is 0 Å². The molecule has 98 valence electrons. The lowest BCUT2D eigenvalue weighted by Crippen LogP contribution is -2.36. The molecule has 0 bridgehead atoms. The van der Waals surface area contributed by atoms with Gasteiger partial charge in [0.2, 0.25) is 0 Å². The second-order valence-corrected chi connectivity index (χ2v) is 4.43. The highest BCUT2D eigenvalue weighted by molar-refractivity contribution is 5.97. The molecular weight excluding hydrogens is 244 g/mol. The van der Waals surface area contributed by atoms with Gasteiger partial charge in [0, 0.05) is 12.6 Å². The number of hydrogen-bond donors (Lipinski definition) is 2. The maximum absolute atomic E-state index is 12.3. The molecule has 2 heterocycles. The fourth-order valence-corrected chi connectivity index (χ4v) is 2.18. The minimum Gasteiger partial charge on any atom is -0.348 e. The molecule has 1 saturated heterocycles. The van der Waals surface area contributed by atoms with Crippen LogP contribution >= 0.6 is 0 Å². The minimum absolute atomic E-state index is 0.0974. The van der Waals surface area contributed by atoms with Gasteiger partial charge in [0.25, 0.3) is 5.91 Å². The molecule has 0 spiro atoms. The molecule has 1 unspecified atom stereocenters. The van der Waals surface area contributed by atoms with E-state index >= 15 is 0 Å². The molecule has 1 fully saturated rings. The van der Waals surface area contributed by atoms with Crippen LogP contribution in [0.25, 0.3) is 5.69 Å². The van der Waals surface area contributed by atoms with Crippen molar-refractivity contribution < 1.29 is 4.79 Å². The zero-order valence-electron chi connectivity index (χ0n) is 10.3. The van der Waals surface area contributed by atoms with Gasteiger partial charge in [-0.3, -0.25) is 4.79 Å². The van der Waals surface area contributed by atoms with E-state index < -0.39 is 0 Å². The van der Waals surface area contributed by atoms with E-state index in [1.165, 1.54) is 11.0 Å². The van der Waals surface area contributed by atoms with E-state index in [0.717, 1.165) is 19.5 Å². The smallest absolute Gasteiger partial charge is 0.253 e. The molecular formula is C12H14N6O. The van der Waals surface area contributed by atoms with Crippen molar-refractivity contribution in [3.63, 3.8) is 0 Å². The van der Waals surface area contributed by atoms with Crippen molar-refractivity contribution >= 4 is 5.91 Å². The Balaban J connectivity index is 1.85. The molecule has 1 aromatic heterocycles. The number of rotatable bonds is 3. The summed E-state index contributed by atoms with van der Waals surface area (Å²) in [4.78, 5) is 12.3. The number of nitrogens with one attached hydrogen (secondary N) is 2. The van der Waals surface area contributed by atoms with Crippen LogP contribution < -0.4 is 10.6 Å². The summed E-state index contributed by atoms with van der Waals surface area (Å²) in [7, 11) is 0. The van der Waals surface area contributed by atoms with Gasteiger partial charge >= 0.3 is 0 Å². The number of aromatic nitrogens is 4. The minimum atomic E-state index is -0.0974. The van der Waals surface area contributed by atoms with Crippen molar-refractivity contribution in [2.24, 2.45) is 0 Å². The molecule has 7 nitrogen and oxygen atoms in total. The van der Waals surface area contributed by atoms with Crippen molar-refractivity contribution in [1.82, 2.24) is 30.8 Å². The number of carbonyl (C=O) groups excluding carboxylic acids is 1. The normalized spacial score (nSPS) is 18.4.